The maximum absolute atomic E-state index is 12.1. The molecule has 0 N–H and O–H groups in total. The van der Waals surface area contributed by atoms with Crippen LogP contribution in [0.15, 0.2) is 57.7 Å². The zero-order valence-corrected chi connectivity index (χ0v) is 12.8. The first-order chi connectivity index (χ1) is 11.6. The molecule has 6 heteroatoms. The average molecular weight is 323 g/mol. The van der Waals surface area contributed by atoms with Gasteiger partial charge in [0.05, 0.1) is 23.5 Å². The molecule has 0 bridgehead atoms. The zero-order chi connectivity index (χ0) is 17.1. The Morgan fingerprint density at radius 3 is 2.67 bits per heavy atom. The summed E-state index contributed by atoms with van der Waals surface area (Å²) >= 11 is 0. The van der Waals surface area contributed by atoms with Crippen LogP contribution >= 0.6 is 0 Å². The average Bonchev–Trinajstić information content (AvgIpc) is 2.59. The van der Waals surface area contributed by atoms with Crippen molar-refractivity contribution >= 4 is 28.8 Å². The molecule has 0 saturated carbocycles. The van der Waals surface area contributed by atoms with Crippen LogP contribution in [0.1, 0.15) is 11.3 Å². The highest BCUT2D eigenvalue weighted by molar-refractivity contribution is 5.78. The molecule has 0 spiro atoms. The van der Waals surface area contributed by atoms with Gasteiger partial charge in [-0.3, -0.25) is 14.9 Å². The number of nitrogens with zero attached hydrogens (tertiary/aromatic N) is 1. The minimum Gasteiger partial charge on any atom is -0.496 e. The van der Waals surface area contributed by atoms with Crippen LogP contribution in [0, 0.1) is 10.1 Å². The van der Waals surface area contributed by atoms with Crippen molar-refractivity contribution in [1.29, 1.82) is 0 Å². The van der Waals surface area contributed by atoms with E-state index in [2.05, 4.69) is 0 Å². The van der Waals surface area contributed by atoms with Gasteiger partial charge in [-0.1, -0.05) is 12.1 Å². The Balaban J connectivity index is 1.99. The van der Waals surface area contributed by atoms with Crippen molar-refractivity contribution in [2.45, 2.75) is 0 Å². The molecule has 1 aromatic heterocycles. The lowest BCUT2D eigenvalue weighted by Crippen LogP contribution is -1.99. The van der Waals surface area contributed by atoms with Gasteiger partial charge in [-0.05, 0) is 30.4 Å². The Morgan fingerprint density at radius 1 is 1.12 bits per heavy atom. The second-order valence-corrected chi connectivity index (χ2v) is 5.03. The van der Waals surface area contributed by atoms with Gasteiger partial charge in [-0.15, -0.1) is 0 Å². The highest BCUT2D eigenvalue weighted by atomic mass is 16.6. The van der Waals surface area contributed by atoms with Crippen molar-refractivity contribution < 1.29 is 14.1 Å². The molecular formula is C18H13NO5. The van der Waals surface area contributed by atoms with Crippen molar-refractivity contribution in [2.24, 2.45) is 0 Å². The molecule has 0 fully saturated rings. The van der Waals surface area contributed by atoms with Crippen molar-refractivity contribution in [3.63, 3.8) is 0 Å². The molecular weight excluding hydrogens is 310 g/mol. The van der Waals surface area contributed by atoms with Crippen molar-refractivity contribution in [3.8, 4) is 5.75 Å². The van der Waals surface area contributed by atoms with Gasteiger partial charge >= 0.3 is 0 Å². The summed E-state index contributed by atoms with van der Waals surface area (Å²) in [5, 5.41) is 11.3. The van der Waals surface area contributed by atoms with E-state index in [1.807, 2.05) is 0 Å². The molecule has 0 aliphatic rings. The van der Waals surface area contributed by atoms with Crippen LogP contribution in [-0.2, 0) is 0 Å². The zero-order valence-electron chi connectivity index (χ0n) is 12.8. The number of ether oxygens (including phenoxy) is 1. The molecule has 0 amide bonds. The maximum Gasteiger partial charge on any atom is 0.273 e. The molecule has 0 radical (unpaired) electrons. The van der Waals surface area contributed by atoms with E-state index < -0.39 is 4.92 Å². The molecule has 6 nitrogen and oxygen atoms in total. The largest absolute Gasteiger partial charge is 0.496 e. The number of benzene rings is 2. The third-order valence-corrected chi connectivity index (χ3v) is 3.51. The fourth-order valence-electron chi connectivity index (χ4n) is 2.33. The molecule has 1 heterocycles. The quantitative estimate of drug-likeness (QED) is 0.537. The van der Waals surface area contributed by atoms with Crippen LogP contribution in [0.4, 0.5) is 5.69 Å². The molecule has 2 aromatic carbocycles. The Labute approximate surface area is 136 Å². The summed E-state index contributed by atoms with van der Waals surface area (Å²) in [5.74, 6) is 0.752. The Bertz CT molecular complexity index is 1000. The number of nitro benzene ring substituents is 1. The number of fused-ring (bicyclic) bond motifs is 1. The molecule has 3 aromatic rings. The van der Waals surface area contributed by atoms with Crippen molar-refractivity contribution in [2.75, 3.05) is 7.11 Å². The summed E-state index contributed by atoms with van der Waals surface area (Å²) in [7, 11) is 1.44. The summed E-state index contributed by atoms with van der Waals surface area (Å²) in [6.07, 6.45) is 3.30. The van der Waals surface area contributed by atoms with E-state index in [9.17, 15) is 14.9 Å². The highest BCUT2D eigenvalue weighted by Gasteiger charge is 2.10. The second kappa shape index (κ2) is 6.37. The van der Waals surface area contributed by atoms with Gasteiger partial charge in [0, 0.05) is 17.7 Å². The lowest BCUT2D eigenvalue weighted by molar-refractivity contribution is -0.384. The number of non-ortho nitro benzene ring substituents is 1. The van der Waals surface area contributed by atoms with E-state index >= 15 is 0 Å². The first-order valence-electron chi connectivity index (χ1n) is 7.12. The summed E-state index contributed by atoms with van der Waals surface area (Å²) in [5.41, 5.74) is 0.952. The molecule has 0 atom stereocenters. The van der Waals surface area contributed by atoms with Gasteiger partial charge in [-0.25, -0.2) is 0 Å². The first-order valence-corrected chi connectivity index (χ1v) is 7.12. The van der Waals surface area contributed by atoms with Gasteiger partial charge < -0.3 is 9.15 Å². The predicted molar refractivity (Wildman–Crippen MR) is 91.1 cm³/mol. The smallest absolute Gasteiger partial charge is 0.273 e. The predicted octanol–water partition coefficient (Wildman–Crippen LogP) is 3.88. The molecule has 120 valence electrons. The van der Waals surface area contributed by atoms with E-state index in [0.29, 0.717) is 28.0 Å². The lowest BCUT2D eigenvalue weighted by Gasteiger charge is -2.04. The standard InChI is InChI=1S/C18H13NO5/c1-23-18-10-13(19(21)22)8-6-12(18)7-9-14-11-16(20)15-4-2-3-5-17(15)24-14/h2-11H,1H3. The maximum atomic E-state index is 12.1. The Kier molecular flexibility index (Phi) is 4.11. The van der Waals surface area contributed by atoms with Crippen LogP contribution in [-0.4, -0.2) is 12.0 Å². The first kappa shape index (κ1) is 15.5. The topological polar surface area (TPSA) is 82.6 Å². The summed E-state index contributed by atoms with van der Waals surface area (Å²) < 4.78 is 10.8. The fraction of sp³-hybridized carbons (Fsp3) is 0.0556. The molecule has 0 saturated heterocycles. The van der Waals surface area contributed by atoms with E-state index in [4.69, 9.17) is 9.15 Å². The second-order valence-electron chi connectivity index (χ2n) is 5.03. The summed E-state index contributed by atoms with van der Waals surface area (Å²) in [4.78, 5) is 22.4. The number of hydrogen-bond donors (Lipinski definition) is 0. The Morgan fingerprint density at radius 2 is 1.92 bits per heavy atom. The Hall–Kier alpha value is -3.41. The highest BCUT2D eigenvalue weighted by Crippen LogP contribution is 2.26. The van der Waals surface area contributed by atoms with Crippen molar-refractivity contribution in [3.05, 3.63) is 80.2 Å². The minimum atomic E-state index is -0.488. The van der Waals surface area contributed by atoms with Gasteiger partial charge in [0.25, 0.3) is 5.69 Å². The van der Waals surface area contributed by atoms with Gasteiger partial charge in [0.1, 0.15) is 17.1 Å². The molecule has 24 heavy (non-hydrogen) atoms. The molecule has 0 aliphatic heterocycles. The van der Waals surface area contributed by atoms with E-state index in [1.165, 1.54) is 25.3 Å². The molecule has 3 rings (SSSR count). The summed E-state index contributed by atoms with van der Waals surface area (Å²) in [6.45, 7) is 0. The SMILES string of the molecule is COc1cc([N+](=O)[O-])ccc1C=Cc1cc(=O)c2ccccc2o1. The van der Waals surface area contributed by atoms with Crippen LogP contribution in [0.5, 0.6) is 5.75 Å². The van der Waals surface area contributed by atoms with E-state index in [-0.39, 0.29) is 11.1 Å². The lowest BCUT2D eigenvalue weighted by atomic mass is 10.1. The van der Waals surface area contributed by atoms with Gasteiger partial charge in [-0.2, -0.15) is 0 Å². The number of para-hydroxylation sites is 1. The minimum absolute atomic E-state index is 0.0544. The van der Waals surface area contributed by atoms with Gasteiger partial charge in [0.15, 0.2) is 5.43 Å². The number of methoxy groups -OCH3 is 1. The number of hydrogen-bond acceptors (Lipinski definition) is 5. The fourth-order valence-corrected chi connectivity index (χ4v) is 2.33. The third-order valence-electron chi connectivity index (χ3n) is 3.51. The number of nitro groups is 1. The monoisotopic (exact) mass is 323 g/mol. The van der Waals surface area contributed by atoms with E-state index in [0.717, 1.165) is 0 Å². The van der Waals surface area contributed by atoms with Crippen LogP contribution in [0.3, 0.4) is 0 Å². The van der Waals surface area contributed by atoms with Crippen molar-refractivity contribution in [1.82, 2.24) is 0 Å². The van der Waals surface area contributed by atoms with Crippen LogP contribution < -0.4 is 10.2 Å². The van der Waals surface area contributed by atoms with Crippen LogP contribution in [0.25, 0.3) is 23.1 Å². The molecule has 0 aliphatic carbocycles. The van der Waals surface area contributed by atoms with Crippen LogP contribution in [0.2, 0.25) is 0 Å². The molecule has 0 unspecified atom stereocenters. The third kappa shape index (κ3) is 3.03. The van der Waals surface area contributed by atoms with Gasteiger partial charge in [0.2, 0.25) is 0 Å². The van der Waals surface area contributed by atoms with E-state index in [1.54, 1.807) is 42.5 Å². The normalized spacial score (nSPS) is 11.0. The number of rotatable bonds is 4. The summed E-state index contributed by atoms with van der Waals surface area (Å²) in [6, 6.07) is 12.7.